The van der Waals surface area contributed by atoms with Gasteiger partial charge in [0.1, 0.15) is 11.8 Å². The second kappa shape index (κ2) is 2.67. The number of nitrogens with one attached hydrogen (secondary N) is 1. The monoisotopic (exact) mass is 198 g/mol. The normalized spacial score (nSPS) is 10.5. The molecule has 0 aliphatic heterocycles. The number of aromatic carboxylic acids is 1. The van der Waals surface area contributed by atoms with Crippen molar-refractivity contribution in [2.75, 3.05) is 0 Å². The number of rotatable bonds is 1. The molecule has 0 saturated heterocycles. The third-order valence-corrected chi connectivity index (χ3v) is 1.73. The lowest BCUT2D eigenvalue weighted by Gasteiger charge is -1.87. The molecule has 2 heterocycles. The molecule has 0 saturated carbocycles. The number of H-pyrrole nitrogens is 1. The second-order valence-corrected chi connectivity index (χ2v) is 2.61. The van der Waals surface area contributed by atoms with E-state index in [1.54, 1.807) is 0 Å². The molecule has 7 heteroatoms. The van der Waals surface area contributed by atoms with Crippen LogP contribution in [0, 0.1) is 0 Å². The molecule has 2 aromatic heterocycles. The van der Waals surface area contributed by atoms with Gasteiger partial charge in [-0.05, 0) is 0 Å². The summed E-state index contributed by atoms with van der Waals surface area (Å²) in [5.74, 6) is -1.36. The fourth-order valence-electron chi connectivity index (χ4n) is 0.901. The number of carboxylic acid groups (broad SMARTS) is 1. The summed E-state index contributed by atoms with van der Waals surface area (Å²) in [6.45, 7) is 0. The molecule has 6 nitrogen and oxygen atoms in total. The van der Waals surface area contributed by atoms with Crippen molar-refractivity contribution in [3.63, 3.8) is 0 Å². The van der Waals surface area contributed by atoms with E-state index in [4.69, 9.17) is 16.7 Å². The molecule has 0 radical (unpaired) electrons. The third kappa shape index (κ3) is 1.20. The van der Waals surface area contributed by atoms with Crippen LogP contribution in [0.1, 0.15) is 10.6 Å². The maximum atomic E-state index is 10.5. The molecular weight excluding hydrogens is 196 g/mol. The van der Waals surface area contributed by atoms with E-state index in [0.717, 1.165) is 0 Å². The number of fused-ring (bicyclic) bond motifs is 1. The molecule has 2 N–H and O–H groups in total. The Morgan fingerprint density at radius 2 is 2.31 bits per heavy atom. The highest BCUT2D eigenvalue weighted by Gasteiger charge is 2.12. The van der Waals surface area contributed by atoms with Crippen molar-refractivity contribution in [1.29, 1.82) is 0 Å². The van der Waals surface area contributed by atoms with Crippen LogP contribution in [0.5, 0.6) is 0 Å². The molecule has 0 aromatic carbocycles. The van der Waals surface area contributed by atoms with Crippen LogP contribution in [-0.2, 0) is 0 Å². The minimum Gasteiger partial charge on any atom is -0.475 e. The summed E-state index contributed by atoms with van der Waals surface area (Å²) in [7, 11) is 0. The Hall–Kier alpha value is -1.69. The summed E-state index contributed by atoms with van der Waals surface area (Å²) in [6, 6.07) is 0. The van der Waals surface area contributed by atoms with Gasteiger partial charge in [0, 0.05) is 0 Å². The van der Waals surface area contributed by atoms with E-state index in [-0.39, 0.29) is 16.6 Å². The van der Waals surface area contributed by atoms with Crippen molar-refractivity contribution in [2.24, 2.45) is 0 Å². The fourth-order valence-corrected chi connectivity index (χ4v) is 1.08. The summed E-state index contributed by atoms with van der Waals surface area (Å²) in [6.07, 6.45) is 1.22. The molecule has 0 aliphatic carbocycles. The topological polar surface area (TPSA) is 91.8 Å². The Morgan fingerprint density at radius 1 is 1.54 bits per heavy atom. The van der Waals surface area contributed by atoms with Gasteiger partial charge in [0.05, 0.1) is 0 Å². The maximum Gasteiger partial charge on any atom is 0.371 e. The Labute approximate surface area is 76.6 Å². The van der Waals surface area contributed by atoms with Crippen molar-refractivity contribution in [2.45, 2.75) is 0 Å². The molecule has 0 bridgehead atoms. The summed E-state index contributed by atoms with van der Waals surface area (Å²) >= 11 is 5.66. The van der Waals surface area contributed by atoms with Crippen molar-refractivity contribution in [3.8, 4) is 0 Å². The number of nitrogens with zero attached hydrogens (tertiary/aromatic N) is 3. The summed E-state index contributed by atoms with van der Waals surface area (Å²) in [4.78, 5) is 24.1. The van der Waals surface area contributed by atoms with Crippen molar-refractivity contribution in [1.82, 2.24) is 19.9 Å². The average Bonchev–Trinajstić information content (AvgIpc) is 2.49. The van der Waals surface area contributed by atoms with Gasteiger partial charge in [-0.1, -0.05) is 11.6 Å². The molecule has 2 rings (SSSR count). The maximum absolute atomic E-state index is 10.5. The fraction of sp³-hybridized carbons (Fsp3) is 0. The Kier molecular flexibility index (Phi) is 1.63. The van der Waals surface area contributed by atoms with Gasteiger partial charge in [0.15, 0.2) is 10.8 Å². The Balaban J connectivity index is 2.75. The number of carboxylic acids is 1. The van der Waals surface area contributed by atoms with E-state index in [0.29, 0.717) is 5.52 Å². The first-order valence-electron chi connectivity index (χ1n) is 3.28. The lowest BCUT2D eigenvalue weighted by Crippen LogP contribution is -1.97. The SMILES string of the molecule is O=C(O)c1nc2ncnc(Cl)c2[nH]1. The van der Waals surface area contributed by atoms with Gasteiger partial charge in [-0.15, -0.1) is 0 Å². The van der Waals surface area contributed by atoms with Crippen LogP contribution in [0.15, 0.2) is 6.33 Å². The third-order valence-electron chi connectivity index (χ3n) is 1.44. The minimum atomic E-state index is -1.16. The van der Waals surface area contributed by atoms with Crippen LogP contribution in [0.3, 0.4) is 0 Å². The first-order chi connectivity index (χ1) is 6.18. The lowest BCUT2D eigenvalue weighted by atomic mass is 10.6. The summed E-state index contributed by atoms with van der Waals surface area (Å²) < 4.78 is 0. The Morgan fingerprint density at radius 3 is 2.92 bits per heavy atom. The van der Waals surface area contributed by atoms with E-state index in [1.807, 2.05) is 0 Å². The predicted octanol–water partition coefficient (Wildman–Crippen LogP) is 0.704. The first-order valence-corrected chi connectivity index (χ1v) is 3.66. The molecular formula is C6H3ClN4O2. The summed E-state index contributed by atoms with van der Waals surface area (Å²) in [5, 5.41) is 8.75. The van der Waals surface area contributed by atoms with Crippen LogP contribution in [-0.4, -0.2) is 31.0 Å². The number of carbonyl (C=O) groups is 1. The van der Waals surface area contributed by atoms with Gasteiger partial charge in [-0.3, -0.25) is 0 Å². The van der Waals surface area contributed by atoms with Crippen molar-refractivity contribution >= 4 is 28.7 Å². The molecule has 0 unspecified atom stereocenters. The predicted molar refractivity (Wildman–Crippen MR) is 43.7 cm³/mol. The van der Waals surface area contributed by atoms with E-state index in [9.17, 15) is 4.79 Å². The molecule has 66 valence electrons. The molecule has 0 aliphatic rings. The van der Waals surface area contributed by atoms with E-state index < -0.39 is 5.97 Å². The minimum absolute atomic E-state index is 0.157. The number of aromatic nitrogens is 4. The van der Waals surface area contributed by atoms with Gasteiger partial charge in [0.25, 0.3) is 0 Å². The van der Waals surface area contributed by atoms with E-state index in [1.165, 1.54) is 6.33 Å². The van der Waals surface area contributed by atoms with Gasteiger partial charge >= 0.3 is 5.97 Å². The van der Waals surface area contributed by atoms with Gasteiger partial charge in [-0.2, -0.15) is 0 Å². The van der Waals surface area contributed by atoms with E-state index in [2.05, 4.69) is 19.9 Å². The van der Waals surface area contributed by atoms with Crippen LogP contribution in [0.2, 0.25) is 5.15 Å². The quantitative estimate of drug-likeness (QED) is 0.659. The molecule has 0 amide bonds. The molecule has 2 aromatic rings. The van der Waals surface area contributed by atoms with Gasteiger partial charge < -0.3 is 10.1 Å². The largest absolute Gasteiger partial charge is 0.475 e. The van der Waals surface area contributed by atoms with Crippen molar-refractivity contribution < 1.29 is 9.90 Å². The van der Waals surface area contributed by atoms with Crippen LogP contribution in [0.25, 0.3) is 11.2 Å². The van der Waals surface area contributed by atoms with Crippen molar-refractivity contribution in [3.05, 3.63) is 17.3 Å². The number of hydrogen-bond donors (Lipinski definition) is 2. The number of aromatic amines is 1. The van der Waals surface area contributed by atoms with Crippen LogP contribution in [0.4, 0.5) is 0 Å². The number of imidazole rings is 1. The molecule has 13 heavy (non-hydrogen) atoms. The molecule has 0 fully saturated rings. The molecule has 0 spiro atoms. The number of hydrogen-bond acceptors (Lipinski definition) is 4. The standard InChI is InChI=1S/C6H3ClN4O2/c7-3-2-4(9-1-8-3)11-5(10-2)6(12)13/h1H,(H,12,13)(H,8,9,10,11). The zero-order chi connectivity index (χ0) is 9.42. The second-order valence-electron chi connectivity index (χ2n) is 2.25. The van der Waals surface area contributed by atoms with Crippen LogP contribution >= 0.6 is 11.6 Å². The first kappa shape index (κ1) is 7.93. The van der Waals surface area contributed by atoms with Gasteiger partial charge in [-0.25, -0.2) is 19.7 Å². The average molecular weight is 199 g/mol. The van der Waals surface area contributed by atoms with E-state index >= 15 is 0 Å². The highest BCUT2D eigenvalue weighted by molar-refractivity contribution is 6.33. The van der Waals surface area contributed by atoms with Gasteiger partial charge in [0.2, 0.25) is 5.82 Å². The smallest absolute Gasteiger partial charge is 0.371 e. The zero-order valence-electron chi connectivity index (χ0n) is 6.15. The van der Waals surface area contributed by atoms with Crippen LogP contribution < -0.4 is 0 Å². The number of halogens is 1. The Bertz CT molecular complexity index is 480. The highest BCUT2D eigenvalue weighted by atomic mass is 35.5. The summed E-state index contributed by atoms with van der Waals surface area (Å²) in [5.41, 5.74) is 0.582. The molecule has 0 atom stereocenters. The zero-order valence-corrected chi connectivity index (χ0v) is 6.91. The highest BCUT2D eigenvalue weighted by Crippen LogP contribution is 2.15. The lowest BCUT2D eigenvalue weighted by molar-refractivity contribution is 0.0685.